The van der Waals surface area contributed by atoms with Gasteiger partial charge in [-0.05, 0) is 19.1 Å². The van der Waals surface area contributed by atoms with Crippen LogP contribution >= 0.6 is 11.3 Å². The van der Waals surface area contributed by atoms with Crippen molar-refractivity contribution in [2.24, 2.45) is 0 Å². The third kappa shape index (κ3) is 2.87. The van der Waals surface area contributed by atoms with E-state index < -0.39 is 0 Å². The van der Waals surface area contributed by atoms with Crippen molar-refractivity contribution in [3.05, 3.63) is 28.5 Å². The van der Waals surface area contributed by atoms with E-state index in [-0.39, 0.29) is 11.7 Å². The number of nitrogens with zero attached hydrogens (tertiary/aromatic N) is 2. The Bertz CT molecular complexity index is 590. The van der Waals surface area contributed by atoms with E-state index in [1.165, 1.54) is 11.3 Å². The van der Waals surface area contributed by atoms with Crippen molar-refractivity contribution in [3.8, 4) is 0 Å². The Labute approximate surface area is 115 Å². The zero-order valence-electron chi connectivity index (χ0n) is 11.1. The fourth-order valence-corrected chi connectivity index (χ4v) is 2.47. The number of hydrogen-bond acceptors (Lipinski definition) is 6. The maximum Gasteiger partial charge on any atom is 0.268 e. The van der Waals surface area contributed by atoms with Crippen molar-refractivity contribution in [3.63, 3.8) is 0 Å². The van der Waals surface area contributed by atoms with Crippen molar-refractivity contribution >= 4 is 28.2 Å². The largest absolute Gasteiger partial charge is 0.464 e. The number of nitrogen functional groups attached to an aromatic ring is 1. The van der Waals surface area contributed by atoms with Crippen LogP contribution in [0.25, 0.3) is 0 Å². The van der Waals surface area contributed by atoms with Crippen LogP contribution in [0.3, 0.4) is 0 Å². The van der Waals surface area contributed by atoms with Gasteiger partial charge in [0.15, 0.2) is 5.13 Å². The second-order valence-electron chi connectivity index (χ2n) is 4.16. The maximum absolute atomic E-state index is 12.3. The molecule has 0 aromatic carbocycles. The van der Waals surface area contributed by atoms with Crippen molar-refractivity contribution in [2.45, 2.75) is 13.5 Å². The summed E-state index contributed by atoms with van der Waals surface area (Å²) < 4.78 is 5.45. The number of amides is 1. The molecule has 6 nitrogen and oxygen atoms in total. The Kier molecular flexibility index (Phi) is 3.75. The summed E-state index contributed by atoms with van der Waals surface area (Å²) in [6, 6.07) is 3.72. The van der Waals surface area contributed by atoms with Crippen LogP contribution in [-0.4, -0.2) is 29.9 Å². The number of furan rings is 1. The van der Waals surface area contributed by atoms with Gasteiger partial charge in [-0.1, -0.05) is 11.3 Å². The minimum Gasteiger partial charge on any atom is -0.464 e. The second-order valence-corrected chi connectivity index (χ2v) is 5.16. The van der Waals surface area contributed by atoms with Gasteiger partial charge in [0.25, 0.3) is 5.91 Å². The highest BCUT2D eigenvalue weighted by Gasteiger charge is 2.20. The van der Waals surface area contributed by atoms with E-state index in [0.29, 0.717) is 16.6 Å². The highest BCUT2D eigenvalue weighted by atomic mass is 32.1. The molecule has 19 heavy (non-hydrogen) atoms. The Morgan fingerprint density at radius 3 is 2.84 bits per heavy atom. The molecule has 3 N–H and O–H groups in total. The molecule has 102 valence electrons. The van der Waals surface area contributed by atoms with Gasteiger partial charge < -0.3 is 20.4 Å². The highest BCUT2D eigenvalue weighted by Crippen LogP contribution is 2.26. The van der Waals surface area contributed by atoms with Crippen LogP contribution in [0.5, 0.6) is 0 Å². The molecular weight excluding hydrogens is 264 g/mol. The zero-order valence-corrected chi connectivity index (χ0v) is 11.9. The molecule has 0 saturated carbocycles. The van der Waals surface area contributed by atoms with Gasteiger partial charge in [0.2, 0.25) is 0 Å². The minimum absolute atomic E-state index is 0.162. The monoisotopic (exact) mass is 280 g/mol. The predicted octanol–water partition coefficient (Wildman–Crippen LogP) is 1.94. The number of aromatic nitrogens is 1. The number of hydrogen-bond donors (Lipinski definition) is 2. The van der Waals surface area contributed by atoms with Gasteiger partial charge in [0.1, 0.15) is 22.2 Å². The molecule has 0 spiro atoms. The van der Waals surface area contributed by atoms with Crippen LogP contribution in [0.2, 0.25) is 0 Å². The lowest BCUT2D eigenvalue weighted by molar-refractivity contribution is 0.0780. The van der Waals surface area contributed by atoms with Crippen LogP contribution < -0.4 is 11.1 Å². The van der Waals surface area contributed by atoms with Gasteiger partial charge in [0.05, 0.1) is 6.54 Å². The maximum atomic E-state index is 12.3. The van der Waals surface area contributed by atoms with Gasteiger partial charge in [-0.3, -0.25) is 4.79 Å². The number of anilines is 2. The van der Waals surface area contributed by atoms with Crippen molar-refractivity contribution in [2.75, 3.05) is 25.1 Å². The third-order valence-corrected chi connectivity index (χ3v) is 3.67. The van der Waals surface area contributed by atoms with Gasteiger partial charge in [0, 0.05) is 14.1 Å². The molecule has 0 saturated heterocycles. The quantitative estimate of drug-likeness (QED) is 0.894. The number of nitrogens with two attached hydrogens (primary N) is 1. The molecule has 0 aliphatic heterocycles. The SMILES string of the molecule is CNc1nc(N)c(C(=O)N(C)Cc2ccc(C)o2)s1. The standard InChI is InChI=1S/C12H16N4O2S/c1-7-4-5-8(18-7)6-16(3)11(17)9-10(13)15-12(14-2)19-9/h4-5H,6,13H2,1-3H3,(H,14,15). The van der Waals surface area contributed by atoms with Crippen LogP contribution in [0.4, 0.5) is 10.9 Å². The van der Waals surface area contributed by atoms with Gasteiger partial charge in [-0.25, -0.2) is 4.98 Å². The molecule has 2 aromatic heterocycles. The average Bonchev–Trinajstić information content (AvgIpc) is 2.94. The fourth-order valence-electron chi connectivity index (χ4n) is 1.64. The van der Waals surface area contributed by atoms with E-state index in [2.05, 4.69) is 10.3 Å². The number of thiazole rings is 1. The number of rotatable bonds is 4. The first-order valence-electron chi connectivity index (χ1n) is 5.76. The first-order chi connectivity index (χ1) is 9.01. The Hall–Kier alpha value is -2.02. The normalized spacial score (nSPS) is 10.5. The summed E-state index contributed by atoms with van der Waals surface area (Å²) in [5, 5.41) is 3.50. The number of carbonyl (C=O) groups is 1. The van der Waals surface area contributed by atoms with E-state index in [9.17, 15) is 4.79 Å². The fraction of sp³-hybridized carbons (Fsp3) is 0.333. The molecule has 1 amide bonds. The van der Waals surface area contributed by atoms with Crippen molar-refractivity contribution < 1.29 is 9.21 Å². The zero-order chi connectivity index (χ0) is 14.0. The Balaban J connectivity index is 2.12. The Morgan fingerprint density at radius 1 is 1.58 bits per heavy atom. The molecule has 0 radical (unpaired) electrons. The molecule has 2 rings (SSSR count). The van der Waals surface area contributed by atoms with Crippen LogP contribution in [0.15, 0.2) is 16.5 Å². The summed E-state index contributed by atoms with van der Waals surface area (Å²) >= 11 is 1.24. The number of carbonyl (C=O) groups excluding carboxylic acids is 1. The molecule has 7 heteroatoms. The molecule has 0 fully saturated rings. The topological polar surface area (TPSA) is 84.4 Å². The molecule has 0 unspecified atom stereocenters. The number of aryl methyl sites for hydroxylation is 1. The van der Waals surface area contributed by atoms with Crippen molar-refractivity contribution in [1.82, 2.24) is 9.88 Å². The van der Waals surface area contributed by atoms with Crippen LogP contribution in [0.1, 0.15) is 21.2 Å². The van der Waals surface area contributed by atoms with Gasteiger partial charge >= 0.3 is 0 Å². The predicted molar refractivity (Wildman–Crippen MR) is 75.3 cm³/mol. The summed E-state index contributed by atoms with van der Waals surface area (Å²) in [4.78, 5) is 18.3. The van der Waals surface area contributed by atoms with E-state index in [0.717, 1.165) is 11.5 Å². The first kappa shape index (κ1) is 13.4. The molecule has 0 aliphatic rings. The third-order valence-electron chi connectivity index (χ3n) is 2.60. The second kappa shape index (κ2) is 5.31. The molecule has 0 aliphatic carbocycles. The lowest BCUT2D eigenvalue weighted by atomic mass is 10.3. The smallest absolute Gasteiger partial charge is 0.268 e. The molecule has 2 aromatic rings. The average molecular weight is 280 g/mol. The van der Waals surface area contributed by atoms with Crippen molar-refractivity contribution in [1.29, 1.82) is 0 Å². The van der Waals surface area contributed by atoms with E-state index in [1.54, 1.807) is 19.0 Å². The van der Waals surface area contributed by atoms with E-state index >= 15 is 0 Å². The summed E-state index contributed by atoms with van der Waals surface area (Å²) in [6.07, 6.45) is 0. The lowest BCUT2D eigenvalue weighted by Crippen LogP contribution is -2.25. The molecule has 0 bridgehead atoms. The van der Waals surface area contributed by atoms with E-state index in [4.69, 9.17) is 10.2 Å². The van der Waals surface area contributed by atoms with Crippen LogP contribution in [-0.2, 0) is 6.54 Å². The first-order valence-corrected chi connectivity index (χ1v) is 6.57. The molecular formula is C12H16N4O2S. The van der Waals surface area contributed by atoms with Gasteiger partial charge in [-0.15, -0.1) is 0 Å². The summed E-state index contributed by atoms with van der Waals surface area (Å²) in [6.45, 7) is 2.27. The van der Waals surface area contributed by atoms with Gasteiger partial charge in [-0.2, -0.15) is 0 Å². The summed E-state index contributed by atoms with van der Waals surface area (Å²) in [7, 11) is 3.44. The number of nitrogens with one attached hydrogen (secondary N) is 1. The minimum atomic E-state index is -0.162. The summed E-state index contributed by atoms with van der Waals surface area (Å²) in [5.41, 5.74) is 5.74. The van der Waals surface area contributed by atoms with E-state index in [1.807, 2.05) is 19.1 Å². The van der Waals surface area contributed by atoms with Crippen LogP contribution in [0, 0.1) is 6.92 Å². The molecule has 2 heterocycles. The lowest BCUT2D eigenvalue weighted by Gasteiger charge is -2.14. The Morgan fingerprint density at radius 2 is 2.32 bits per heavy atom. The summed E-state index contributed by atoms with van der Waals surface area (Å²) in [5.74, 6) is 1.66. The highest BCUT2D eigenvalue weighted by molar-refractivity contribution is 7.18. The molecule has 0 atom stereocenters.